The third-order valence-electron chi connectivity index (χ3n) is 5.11. The molecule has 4 rings (SSSR count). The molecule has 1 aliphatic rings. The van der Waals surface area contributed by atoms with Gasteiger partial charge in [-0.2, -0.15) is 0 Å². The molecule has 1 N–H and O–H groups in total. The number of hydrogen-bond acceptors (Lipinski definition) is 5. The second-order valence-electron chi connectivity index (χ2n) is 7.32. The van der Waals surface area contributed by atoms with Crippen molar-refractivity contribution < 1.29 is 32.2 Å². The van der Waals surface area contributed by atoms with E-state index in [2.05, 4.69) is 10.1 Å². The Hall–Kier alpha value is -4.27. The van der Waals surface area contributed by atoms with Crippen LogP contribution in [0.25, 0.3) is 5.57 Å². The second kappa shape index (κ2) is 9.30. The first-order valence-corrected chi connectivity index (χ1v) is 10.2. The Balaban J connectivity index is 1.66. The minimum Gasteiger partial charge on any atom is -0.496 e. The molecule has 0 fully saturated rings. The lowest BCUT2D eigenvalue weighted by Gasteiger charge is -2.17. The lowest BCUT2D eigenvalue weighted by atomic mass is 10.0. The molecule has 34 heavy (non-hydrogen) atoms. The summed E-state index contributed by atoms with van der Waals surface area (Å²) in [6, 6.07) is 20.6. The summed E-state index contributed by atoms with van der Waals surface area (Å²) in [6.07, 6.45) is -4.81. The number of anilines is 1. The van der Waals surface area contributed by atoms with Crippen LogP contribution in [0.3, 0.4) is 0 Å². The molecule has 0 saturated carbocycles. The summed E-state index contributed by atoms with van der Waals surface area (Å²) in [7, 11) is 1.50. The van der Waals surface area contributed by atoms with Crippen LogP contribution in [0.15, 0.2) is 84.6 Å². The van der Waals surface area contributed by atoms with E-state index in [0.717, 1.165) is 17.0 Å². The van der Waals surface area contributed by atoms with Gasteiger partial charge in [-0.05, 0) is 35.9 Å². The number of para-hydroxylation sites is 1. The molecule has 174 valence electrons. The molecule has 0 aliphatic carbocycles. The van der Waals surface area contributed by atoms with E-state index in [1.807, 2.05) is 0 Å². The first-order chi connectivity index (χ1) is 16.3. The molecule has 6 nitrogen and oxygen atoms in total. The Morgan fingerprint density at radius 3 is 2.15 bits per heavy atom. The van der Waals surface area contributed by atoms with Crippen LogP contribution < -0.4 is 14.8 Å². The Morgan fingerprint density at radius 2 is 1.50 bits per heavy atom. The van der Waals surface area contributed by atoms with Gasteiger partial charge in [0.1, 0.15) is 17.2 Å². The summed E-state index contributed by atoms with van der Waals surface area (Å²) in [5.41, 5.74) is 1.68. The van der Waals surface area contributed by atoms with Crippen LogP contribution in [0, 0.1) is 0 Å². The van der Waals surface area contributed by atoms with Gasteiger partial charge in [-0.15, -0.1) is 13.2 Å². The molecule has 0 bridgehead atoms. The molecule has 1 heterocycles. The molecule has 0 spiro atoms. The lowest BCUT2D eigenvalue weighted by Crippen LogP contribution is -2.32. The number of methoxy groups -OCH3 is 1. The maximum atomic E-state index is 13.4. The van der Waals surface area contributed by atoms with Crippen LogP contribution in [-0.4, -0.2) is 30.2 Å². The first-order valence-electron chi connectivity index (χ1n) is 10.2. The third-order valence-corrected chi connectivity index (χ3v) is 5.11. The average molecular weight is 468 g/mol. The quantitative estimate of drug-likeness (QED) is 0.495. The normalized spacial score (nSPS) is 13.9. The standard InChI is InChI=1S/C25H19F3N2O4/c1-33-20-10-6-5-9-17(20)15-30-23(31)21(16-7-3-2-4-8-16)22(24(30)32)29-18-11-13-19(14-12-18)34-25(26,27)28/h2-14,29H,15H2,1H3. The smallest absolute Gasteiger partial charge is 0.496 e. The number of hydrogen-bond donors (Lipinski definition) is 1. The highest BCUT2D eigenvalue weighted by Crippen LogP contribution is 2.33. The molecule has 0 radical (unpaired) electrons. The number of rotatable bonds is 7. The summed E-state index contributed by atoms with van der Waals surface area (Å²) in [5.74, 6) is -0.931. The van der Waals surface area contributed by atoms with Gasteiger partial charge in [0.05, 0.1) is 19.2 Å². The Labute approximate surface area is 193 Å². The van der Waals surface area contributed by atoms with Gasteiger partial charge in [0.2, 0.25) is 0 Å². The Bertz CT molecular complexity index is 1240. The zero-order valence-electron chi connectivity index (χ0n) is 17.9. The Kier molecular flexibility index (Phi) is 6.27. The molecule has 1 aliphatic heterocycles. The highest BCUT2D eigenvalue weighted by molar-refractivity contribution is 6.36. The first kappa shape index (κ1) is 22.9. The molecule has 0 atom stereocenters. The van der Waals surface area contributed by atoms with Crippen LogP contribution in [0.5, 0.6) is 11.5 Å². The SMILES string of the molecule is COc1ccccc1CN1C(=O)C(Nc2ccc(OC(F)(F)F)cc2)=C(c2ccccc2)C1=O. The fraction of sp³-hybridized carbons (Fsp3) is 0.120. The van der Waals surface area contributed by atoms with Crippen molar-refractivity contribution in [2.45, 2.75) is 12.9 Å². The number of halogens is 3. The van der Waals surface area contributed by atoms with E-state index in [1.54, 1.807) is 54.6 Å². The van der Waals surface area contributed by atoms with Gasteiger partial charge in [0, 0.05) is 11.3 Å². The molecule has 0 saturated heterocycles. The average Bonchev–Trinajstić information content (AvgIpc) is 3.04. The van der Waals surface area contributed by atoms with E-state index in [9.17, 15) is 22.8 Å². The van der Waals surface area contributed by atoms with Gasteiger partial charge in [0.25, 0.3) is 11.8 Å². The second-order valence-corrected chi connectivity index (χ2v) is 7.32. The van der Waals surface area contributed by atoms with E-state index in [-0.39, 0.29) is 17.8 Å². The minimum atomic E-state index is -4.81. The van der Waals surface area contributed by atoms with Gasteiger partial charge in [0.15, 0.2) is 0 Å². The van der Waals surface area contributed by atoms with Crippen molar-refractivity contribution in [1.82, 2.24) is 4.90 Å². The lowest BCUT2D eigenvalue weighted by molar-refractivity contribution is -0.274. The zero-order valence-corrected chi connectivity index (χ0v) is 17.9. The Morgan fingerprint density at radius 1 is 0.853 bits per heavy atom. The van der Waals surface area contributed by atoms with Crippen LogP contribution in [0.4, 0.5) is 18.9 Å². The number of ether oxygens (including phenoxy) is 2. The van der Waals surface area contributed by atoms with E-state index in [4.69, 9.17) is 4.74 Å². The maximum Gasteiger partial charge on any atom is 0.573 e. The van der Waals surface area contributed by atoms with Crippen LogP contribution in [0.1, 0.15) is 11.1 Å². The maximum absolute atomic E-state index is 13.4. The summed E-state index contributed by atoms with van der Waals surface area (Å²) >= 11 is 0. The highest BCUT2D eigenvalue weighted by atomic mass is 19.4. The number of carbonyl (C=O) groups is 2. The van der Waals surface area contributed by atoms with Gasteiger partial charge >= 0.3 is 6.36 Å². The zero-order chi connectivity index (χ0) is 24.3. The van der Waals surface area contributed by atoms with Crippen LogP contribution >= 0.6 is 0 Å². The van der Waals surface area contributed by atoms with Gasteiger partial charge < -0.3 is 14.8 Å². The largest absolute Gasteiger partial charge is 0.573 e. The van der Waals surface area contributed by atoms with E-state index in [1.165, 1.54) is 19.2 Å². The van der Waals surface area contributed by atoms with Gasteiger partial charge in [-0.3, -0.25) is 14.5 Å². The molecule has 0 aromatic heterocycles. The number of benzene rings is 3. The fourth-order valence-electron chi connectivity index (χ4n) is 3.60. The number of nitrogens with zero attached hydrogens (tertiary/aromatic N) is 1. The van der Waals surface area contributed by atoms with Crippen LogP contribution in [-0.2, 0) is 16.1 Å². The summed E-state index contributed by atoms with van der Waals surface area (Å²) in [4.78, 5) is 27.8. The topological polar surface area (TPSA) is 67.9 Å². The molecule has 3 aromatic carbocycles. The van der Waals surface area contributed by atoms with Gasteiger partial charge in [-0.25, -0.2) is 0 Å². The summed E-state index contributed by atoms with van der Waals surface area (Å²) in [6.45, 7) is -0.0123. The molecular weight excluding hydrogens is 449 g/mol. The predicted octanol–water partition coefficient (Wildman–Crippen LogP) is 4.99. The van der Waals surface area contributed by atoms with Gasteiger partial charge in [-0.1, -0.05) is 48.5 Å². The number of amides is 2. The van der Waals surface area contributed by atoms with Crippen molar-refractivity contribution in [2.24, 2.45) is 0 Å². The van der Waals surface area contributed by atoms with Crippen molar-refractivity contribution in [3.63, 3.8) is 0 Å². The number of nitrogens with one attached hydrogen (secondary N) is 1. The third kappa shape index (κ3) is 4.88. The fourth-order valence-corrected chi connectivity index (χ4v) is 3.60. The van der Waals surface area contributed by atoms with E-state index < -0.39 is 23.9 Å². The monoisotopic (exact) mass is 468 g/mol. The van der Waals surface area contributed by atoms with Crippen molar-refractivity contribution in [3.8, 4) is 11.5 Å². The van der Waals surface area contributed by atoms with Crippen molar-refractivity contribution in [2.75, 3.05) is 12.4 Å². The van der Waals surface area contributed by atoms with Crippen molar-refractivity contribution in [3.05, 3.63) is 95.7 Å². The van der Waals surface area contributed by atoms with E-state index in [0.29, 0.717) is 22.6 Å². The summed E-state index contributed by atoms with van der Waals surface area (Å²) < 4.78 is 46.5. The predicted molar refractivity (Wildman–Crippen MR) is 119 cm³/mol. The molecule has 3 aromatic rings. The molecule has 0 unspecified atom stereocenters. The molecular formula is C25H19F3N2O4. The number of alkyl halides is 3. The number of imide groups is 1. The van der Waals surface area contributed by atoms with Crippen molar-refractivity contribution >= 4 is 23.1 Å². The highest BCUT2D eigenvalue weighted by Gasteiger charge is 2.39. The molecule has 2 amide bonds. The minimum absolute atomic E-state index is 0.0123. The van der Waals surface area contributed by atoms with Crippen molar-refractivity contribution in [1.29, 1.82) is 0 Å². The number of carbonyl (C=O) groups excluding carboxylic acids is 2. The summed E-state index contributed by atoms with van der Waals surface area (Å²) in [5, 5.41) is 2.90. The molecule has 9 heteroatoms. The van der Waals surface area contributed by atoms with Crippen LogP contribution in [0.2, 0.25) is 0 Å². The van der Waals surface area contributed by atoms with E-state index >= 15 is 0 Å².